The highest BCUT2D eigenvalue weighted by Crippen LogP contribution is 2.28. The molecule has 7 nitrogen and oxygen atoms in total. The zero-order valence-electron chi connectivity index (χ0n) is 16.7. The fourth-order valence-corrected chi connectivity index (χ4v) is 4.47. The first-order valence-corrected chi connectivity index (χ1v) is 10.9. The molecule has 0 radical (unpaired) electrons. The van der Waals surface area contributed by atoms with Crippen LogP contribution in [-0.2, 0) is 14.8 Å². The average molecular weight is 459 g/mol. The van der Waals surface area contributed by atoms with E-state index in [1.54, 1.807) is 42.5 Å². The molecule has 0 atom stereocenters. The van der Waals surface area contributed by atoms with Crippen LogP contribution in [0.15, 0.2) is 77.7 Å². The second-order valence-electron chi connectivity index (χ2n) is 6.48. The largest absolute Gasteiger partial charge is 0.465 e. The maximum atomic E-state index is 13.1. The highest BCUT2D eigenvalue weighted by Gasteiger charge is 2.25. The molecule has 9 heteroatoms. The average Bonchev–Trinajstić information content (AvgIpc) is 2.79. The summed E-state index contributed by atoms with van der Waals surface area (Å²) in [5.74, 6) is -1.02. The van der Waals surface area contributed by atoms with Crippen LogP contribution in [0.3, 0.4) is 0 Å². The van der Waals surface area contributed by atoms with E-state index in [0.29, 0.717) is 16.9 Å². The van der Waals surface area contributed by atoms with Crippen molar-refractivity contribution in [2.24, 2.45) is 0 Å². The van der Waals surface area contributed by atoms with E-state index in [9.17, 15) is 18.0 Å². The molecular weight excluding hydrogens is 440 g/mol. The van der Waals surface area contributed by atoms with Gasteiger partial charge < -0.3 is 10.1 Å². The van der Waals surface area contributed by atoms with Gasteiger partial charge in [-0.25, -0.2) is 13.2 Å². The fourth-order valence-electron chi connectivity index (χ4n) is 2.78. The molecule has 0 heterocycles. The normalized spacial score (nSPS) is 10.9. The van der Waals surface area contributed by atoms with Crippen LogP contribution in [0.4, 0.5) is 11.4 Å². The van der Waals surface area contributed by atoms with Crippen LogP contribution in [0.2, 0.25) is 5.02 Å². The van der Waals surface area contributed by atoms with E-state index in [1.165, 1.54) is 44.5 Å². The molecule has 3 rings (SSSR count). The van der Waals surface area contributed by atoms with Crippen molar-refractivity contribution < 1.29 is 22.7 Å². The van der Waals surface area contributed by atoms with Crippen LogP contribution >= 0.6 is 11.6 Å². The van der Waals surface area contributed by atoms with E-state index < -0.39 is 21.9 Å². The second kappa shape index (κ2) is 9.20. The van der Waals surface area contributed by atoms with Crippen LogP contribution < -0.4 is 9.62 Å². The van der Waals surface area contributed by atoms with Gasteiger partial charge in [-0.1, -0.05) is 29.8 Å². The Morgan fingerprint density at radius 1 is 0.935 bits per heavy atom. The number of halogens is 1. The first-order valence-electron chi connectivity index (χ1n) is 9.07. The first kappa shape index (κ1) is 22.3. The Morgan fingerprint density at radius 3 is 2.16 bits per heavy atom. The number of nitrogens with one attached hydrogen (secondary N) is 1. The van der Waals surface area contributed by atoms with Crippen molar-refractivity contribution in [1.29, 1.82) is 0 Å². The minimum absolute atomic E-state index is 0.00163. The Morgan fingerprint density at radius 2 is 1.55 bits per heavy atom. The molecule has 0 saturated heterocycles. The third-order valence-electron chi connectivity index (χ3n) is 4.52. The highest BCUT2D eigenvalue weighted by molar-refractivity contribution is 7.93. The molecule has 0 saturated carbocycles. The van der Waals surface area contributed by atoms with Gasteiger partial charge in [0.05, 0.1) is 23.4 Å². The van der Waals surface area contributed by atoms with Crippen molar-refractivity contribution >= 4 is 44.9 Å². The van der Waals surface area contributed by atoms with E-state index in [4.69, 9.17) is 11.6 Å². The summed E-state index contributed by atoms with van der Waals surface area (Å²) >= 11 is 6.16. The van der Waals surface area contributed by atoms with E-state index in [2.05, 4.69) is 10.1 Å². The van der Waals surface area contributed by atoms with Gasteiger partial charge >= 0.3 is 5.97 Å². The lowest BCUT2D eigenvalue weighted by Crippen LogP contribution is -2.27. The number of sulfonamides is 1. The summed E-state index contributed by atoms with van der Waals surface area (Å²) in [6.45, 7) is 0. The SMILES string of the molecule is COC(=O)c1ccc(NC(=O)c2ccc(Cl)c(S(=O)(=O)N(C)c3ccccc3)c2)cc1. The number of carbonyl (C=O) groups is 2. The number of hydrogen-bond acceptors (Lipinski definition) is 5. The molecule has 0 aromatic heterocycles. The smallest absolute Gasteiger partial charge is 0.337 e. The van der Waals surface area contributed by atoms with Crippen molar-refractivity contribution in [3.8, 4) is 0 Å². The van der Waals surface area contributed by atoms with Crippen LogP contribution in [0.25, 0.3) is 0 Å². The summed E-state index contributed by atoms with van der Waals surface area (Å²) in [6.07, 6.45) is 0. The Labute approximate surface area is 185 Å². The number of hydrogen-bond donors (Lipinski definition) is 1. The van der Waals surface area contributed by atoms with E-state index in [-0.39, 0.29) is 15.5 Å². The van der Waals surface area contributed by atoms with E-state index >= 15 is 0 Å². The van der Waals surface area contributed by atoms with Crippen molar-refractivity contribution in [2.75, 3.05) is 23.8 Å². The summed E-state index contributed by atoms with van der Waals surface area (Å²) in [5, 5.41) is 2.66. The Hall–Kier alpha value is -3.36. The van der Waals surface area contributed by atoms with E-state index in [0.717, 1.165) is 4.31 Å². The quantitative estimate of drug-likeness (QED) is 0.559. The fraction of sp³-hybridized carbons (Fsp3) is 0.0909. The van der Waals surface area contributed by atoms with Gasteiger partial charge in [0.2, 0.25) is 0 Å². The number of amides is 1. The monoisotopic (exact) mass is 458 g/mol. The number of ether oxygens (including phenoxy) is 1. The molecule has 0 fully saturated rings. The molecule has 31 heavy (non-hydrogen) atoms. The maximum Gasteiger partial charge on any atom is 0.337 e. The number of methoxy groups -OCH3 is 1. The highest BCUT2D eigenvalue weighted by atomic mass is 35.5. The molecular formula is C22H19ClN2O5S. The molecule has 160 valence electrons. The molecule has 0 aliphatic rings. The van der Waals surface area contributed by atoms with E-state index in [1.807, 2.05) is 0 Å². The number of para-hydroxylation sites is 1. The third kappa shape index (κ3) is 4.87. The molecule has 1 amide bonds. The molecule has 3 aromatic carbocycles. The number of esters is 1. The van der Waals surface area contributed by atoms with Gasteiger partial charge in [-0.3, -0.25) is 9.10 Å². The second-order valence-corrected chi connectivity index (χ2v) is 8.82. The number of anilines is 2. The topological polar surface area (TPSA) is 92.8 Å². The first-order chi connectivity index (χ1) is 14.7. The lowest BCUT2D eigenvalue weighted by atomic mass is 10.2. The maximum absolute atomic E-state index is 13.1. The van der Waals surface area contributed by atoms with Crippen molar-refractivity contribution in [3.05, 3.63) is 88.9 Å². The molecule has 0 aliphatic carbocycles. The van der Waals surface area contributed by atoms with Gasteiger partial charge in [0, 0.05) is 18.3 Å². The standard InChI is InChI=1S/C22H19ClN2O5S/c1-25(18-6-4-3-5-7-18)31(28,29)20-14-16(10-13-19(20)23)21(26)24-17-11-8-15(9-12-17)22(27)30-2/h3-14H,1-2H3,(H,24,26). The summed E-state index contributed by atoms with van der Waals surface area (Å²) < 4.78 is 31.9. The molecule has 0 aliphatic heterocycles. The van der Waals surface area contributed by atoms with Gasteiger partial charge in [-0.15, -0.1) is 0 Å². The molecule has 0 bridgehead atoms. The van der Waals surface area contributed by atoms with Crippen LogP contribution in [0.1, 0.15) is 20.7 Å². The third-order valence-corrected chi connectivity index (χ3v) is 6.78. The predicted molar refractivity (Wildman–Crippen MR) is 119 cm³/mol. The lowest BCUT2D eigenvalue weighted by Gasteiger charge is -2.20. The number of nitrogens with zero attached hydrogens (tertiary/aromatic N) is 1. The Kier molecular flexibility index (Phi) is 6.62. The van der Waals surface area contributed by atoms with Crippen molar-refractivity contribution in [1.82, 2.24) is 0 Å². The zero-order chi connectivity index (χ0) is 22.6. The van der Waals surface area contributed by atoms with Crippen LogP contribution in [0, 0.1) is 0 Å². The summed E-state index contributed by atoms with van der Waals surface area (Å²) in [7, 11) is -1.31. The minimum Gasteiger partial charge on any atom is -0.465 e. The zero-order valence-corrected chi connectivity index (χ0v) is 18.3. The molecule has 0 unspecified atom stereocenters. The number of benzene rings is 3. The lowest BCUT2D eigenvalue weighted by molar-refractivity contribution is 0.0600. The van der Waals surface area contributed by atoms with Gasteiger partial charge in [-0.05, 0) is 54.6 Å². The van der Waals surface area contributed by atoms with Crippen LogP contribution in [-0.4, -0.2) is 34.5 Å². The summed E-state index contributed by atoms with van der Waals surface area (Å²) in [4.78, 5) is 24.0. The number of rotatable bonds is 6. The molecule has 3 aromatic rings. The number of carbonyl (C=O) groups excluding carboxylic acids is 2. The Balaban J connectivity index is 1.86. The van der Waals surface area contributed by atoms with Gasteiger partial charge in [0.25, 0.3) is 15.9 Å². The minimum atomic E-state index is -4.00. The van der Waals surface area contributed by atoms with Gasteiger partial charge in [0.15, 0.2) is 0 Å². The van der Waals surface area contributed by atoms with Crippen LogP contribution in [0.5, 0.6) is 0 Å². The van der Waals surface area contributed by atoms with Crippen molar-refractivity contribution in [2.45, 2.75) is 4.90 Å². The van der Waals surface area contributed by atoms with Gasteiger partial charge in [-0.2, -0.15) is 0 Å². The summed E-state index contributed by atoms with van der Waals surface area (Å²) in [6, 6.07) is 18.7. The molecule has 0 spiro atoms. The molecule has 1 N–H and O–H groups in total. The summed E-state index contributed by atoms with van der Waals surface area (Å²) in [5.41, 5.74) is 1.34. The van der Waals surface area contributed by atoms with Crippen molar-refractivity contribution in [3.63, 3.8) is 0 Å². The predicted octanol–water partition coefficient (Wildman–Crippen LogP) is 4.20. The van der Waals surface area contributed by atoms with Gasteiger partial charge in [0.1, 0.15) is 4.90 Å². The Bertz CT molecular complexity index is 1210.